The second kappa shape index (κ2) is 3.16. The van der Waals surface area contributed by atoms with Crippen LogP contribution in [0.25, 0.3) is 0 Å². The monoisotopic (exact) mass is 186 g/mol. The van der Waals surface area contributed by atoms with Crippen molar-refractivity contribution >= 4 is 0 Å². The molecule has 0 N–H and O–H groups in total. The van der Waals surface area contributed by atoms with Crippen LogP contribution in [-0.4, -0.2) is 6.10 Å². The highest BCUT2D eigenvalue weighted by atomic mass is 16.5. The van der Waals surface area contributed by atoms with Gasteiger partial charge in [0.05, 0.1) is 0 Å². The maximum absolute atomic E-state index is 5.95. The Kier molecular flexibility index (Phi) is 1.83. The maximum Gasteiger partial charge on any atom is 0.123 e. The molecule has 1 aliphatic heterocycles. The Balaban J connectivity index is 1.96. The van der Waals surface area contributed by atoms with Crippen molar-refractivity contribution in [1.82, 2.24) is 0 Å². The van der Waals surface area contributed by atoms with Gasteiger partial charge in [-0.1, -0.05) is 24.3 Å². The second-order valence-corrected chi connectivity index (χ2v) is 4.16. The summed E-state index contributed by atoms with van der Waals surface area (Å²) in [5, 5.41) is 0. The Labute approximate surface area is 84.4 Å². The number of allylic oxidation sites excluding steroid dienone is 1. The fourth-order valence-electron chi connectivity index (χ4n) is 2.43. The molecule has 0 radical (unpaired) electrons. The van der Waals surface area contributed by atoms with Crippen LogP contribution in [0.15, 0.2) is 36.4 Å². The van der Waals surface area contributed by atoms with Crippen LogP contribution >= 0.6 is 0 Å². The number of benzene rings is 1. The van der Waals surface area contributed by atoms with Gasteiger partial charge in [0.25, 0.3) is 0 Å². The Bertz CT molecular complexity index is 367. The van der Waals surface area contributed by atoms with Crippen molar-refractivity contribution in [1.29, 1.82) is 0 Å². The van der Waals surface area contributed by atoms with Gasteiger partial charge in [0.15, 0.2) is 0 Å². The van der Waals surface area contributed by atoms with Crippen molar-refractivity contribution in [3.05, 3.63) is 42.0 Å². The molecule has 1 nitrogen and oxygen atoms in total. The topological polar surface area (TPSA) is 9.23 Å². The van der Waals surface area contributed by atoms with Gasteiger partial charge >= 0.3 is 0 Å². The molecule has 0 spiro atoms. The number of para-hydroxylation sites is 1. The van der Waals surface area contributed by atoms with Gasteiger partial charge in [-0.15, -0.1) is 0 Å². The Morgan fingerprint density at radius 3 is 3.14 bits per heavy atom. The van der Waals surface area contributed by atoms with Gasteiger partial charge in [-0.25, -0.2) is 0 Å². The van der Waals surface area contributed by atoms with E-state index in [1.54, 1.807) is 0 Å². The van der Waals surface area contributed by atoms with E-state index in [0.29, 0.717) is 12.0 Å². The van der Waals surface area contributed by atoms with Crippen LogP contribution in [0.5, 0.6) is 5.75 Å². The van der Waals surface area contributed by atoms with Crippen molar-refractivity contribution in [2.24, 2.45) is 5.92 Å². The van der Waals surface area contributed by atoms with Crippen molar-refractivity contribution in [3.63, 3.8) is 0 Å². The third-order valence-corrected chi connectivity index (χ3v) is 3.21. The molecular formula is C13H14O. The zero-order valence-corrected chi connectivity index (χ0v) is 8.15. The maximum atomic E-state index is 5.95. The summed E-state index contributed by atoms with van der Waals surface area (Å²) < 4.78 is 5.95. The van der Waals surface area contributed by atoms with Gasteiger partial charge in [0, 0.05) is 5.92 Å². The van der Waals surface area contributed by atoms with Crippen molar-refractivity contribution < 1.29 is 4.74 Å². The number of fused-ring (bicyclic) bond motifs is 2. The SMILES string of the molecule is C1=CC2Oc3ccccc3CC2CC1. The number of ether oxygens (including phenoxy) is 1. The first-order valence-corrected chi connectivity index (χ1v) is 5.35. The quantitative estimate of drug-likeness (QED) is 0.566. The molecule has 0 aromatic heterocycles. The fourth-order valence-corrected chi connectivity index (χ4v) is 2.43. The summed E-state index contributed by atoms with van der Waals surface area (Å²) >= 11 is 0. The highest BCUT2D eigenvalue weighted by molar-refractivity contribution is 5.36. The highest BCUT2D eigenvalue weighted by Crippen LogP contribution is 2.35. The zero-order chi connectivity index (χ0) is 9.38. The third-order valence-electron chi connectivity index (χ3n) is 3.21. The molecule has 0 fully saturated rings. The van der Waals surface area contributed by atoms with Crippen molar-refractivity contribution in [2.75, 3.05) is 0 Å². The second-order valence-electron chi connectivity index (χ2n) is 4.16. The van der Waals surface area contributed by atoms with E-state index in [4.69, 9.17) is 4.74 Å². The molecule has 2 unspecified atom stereocenters. The number of rotatable bonds is 0. The van der Waals surface area contributed by atoms with E-state index >= 15 is 0 Å². The van der Waals surface area contributed by atoms with Crippen LogP contribution in [0.4, 0.5) is 0 Å². The van der Waals surface area contributed by atoms with Gasteiger partial charge in [-0.3, -0.25) is 0 Å². The summed E-state index contributed by atoms with van der Waals surface area (Å²) in [4.78, 5) is 0. The minimum atomic E-state index is 0.332. The van der Waals surface area contributed by atoms with E-state index in [1.165, 1.54) is 24.8 Å². The molecule has 1 aliphatic carbocycles. The van der Waals surface area contributed by atoms with Crippen LogP contribution in [-0.2, 0) is 6.42 Å². The summed E-state index contributed by atoms with van der Waals surface area (Å²) in [6.45, 7) is 0. The van der Waals surface area contributed by atoms with E-state index in [2.05, 4.69) is 30.4 Å². The van der Waals surface area contributed by atoms with Crippen LogP contribution in [0.2, 0.25) is 0 Å². The minimum Gasteiger partial charge on any atom is -0.486 e. The summed E-state index contributed by atoms with van der Waals surface area (Å²) in [5.74, 6) is 1.79. The lowest BCUT2D eigenvalue weighted by molar-refractivity contribution is 0.142. The molecule has 72 valence electrons. The van der Waals surface area contributed by atoms with E-state index in [1.807, 2.05) is 6.07 Å². The molecule has 1 heteroatoms. The highest BCUT2D eigenvalue weighted by Gasteiger charge is 2.28. The lowest BCUT2D eigenvalue weighted by atomic mass is 9.84. The molecule has 1 aromatic rings. The number of hydrogen-bond donors (Lipinski definition) is 0. The first-order valence-electron chi connectivity index (χ1n) is 5.35. The Hall–Kier alpha value is -1.24. The summed E-state index contributed by atoms with van der Waals surface area (Å²) in [5.41, 5.74) is 1.38. The van der Waals surface area contributed by atoms with E-state index in [9.17, 15) is 0 Å². The van der Waals surface area contributed by atoms with Crippen LogP contribution in [0.1, 0.15) is 18.4 Å². The van der Waals surface area contributed by atoms with Gasteiger partial charge in [0.2, 0.25) is 0 Å². The molecule has 0 saturated carbocycles. The average Bonchev–Trinajstić information content (AvgIpc) is 2.26. The van der Waals surface area contributed by atoms with Crippen molar-refractivity contribution in [2.45, 2.75) is 25.4 Å². The predicted octanol–water partition coefficient (Wildman–Crippen LogP) is 2.96. The lowest BCUT2D eigenvalue weighted by Gasteiger charge is -2.33. The third kappa shape index (κ3) is 1.24. The normalized spacial score (nSPS) is 28.9. The van der Waals surface area contributed by atoms with Crippen LogP contribution < -0.4 is 4.74 Å². The van der Waals surface area contributed by atoms with Crippen molar-refractivity contribution in [3.8, 4) is 5.75 Å². The fraction of sp³-hybridized carbons (Fsp3) is 0.385. The first-order chi connectivity index (χ1) is 6.93. The standard InChI is InChI=1S/C13H14O/c1-3-7-12-10(5-1)9-11-6-2-4-8-13(11)14-12/h1,3-5,7-8,11,13H,2,6,9H2. The largest absolute Gasteiger partial charge is 0.486 e. The van der Waals surface area contributed by atoms with E-state index < -0.39 is 0 Å². The molecule has 2 aliphatic rings. The van der Waals surface area contributed by atoms with Crippen LogP contribution in [0.3, 0.4) is 0 Å². The van der Waals surface area contributed by atoms with Gasteiger partial charge in [-0.2, -0.15) is 0 Å². The molecule has 3 rings (SSSR count). The average molecular weight is 186 g/mol. The molecule has 0 bridgehead atoms. The predicted molar refractivity (Wildman–Crippen MR) is 56.4 cm³/mol. The van der Waals surface area contributed by atoms with Gasteiger partial charge in [0.1, 0.15) is 11.9 Å². The summed E-state index contributed by atoms with van der Waals surface area (Å²) in [6.07, 6.45) is 8.48. The molecule has 2 atom stereocenters. The van der Waals surface area contributed by atoms with Crippen LogP contribution in [0, 0.1) is 5.92 Å². The Morgan fingerprint density at radius 2 is 2.14 bits per heavy atom. The minimum absolute atomic E-state index is 0.332. The smallest absolute Gasteiger partial charge is 0.123 e. The molecule has 1 aromatic carbocycles. The lowest BCUT2D eigenvalue weighted by Crippen LogP contribution is -2.32. The Morgan fingerprint density at radius 1 is 1.21 bits per heavy atom. The van der Waals surface area contributed by atoms with E-state index in [-0.39, 0.29) is 0 Å². The molecule has 0 amide bonds. The molecule has 0 saturated heterocycles. The summed E-state index contributed by atoms with van der Waals surface area (Å²) in [7, 11) is 0. The molecule has 14 heavy (non-hydrogen) atoms. The van der Waals surface area contributed by atoms with Gasteiger partial charge < -0.3 is 4.74 Å². The zero-order valence-electron chi connectivity index (χ0n) is 8.15. The number of hydrogen-bond acceptors (Lipinski definition) is 1. The first kappa shape index (κ1) is 8.10. The van der Waals surface area contributed by atoms with Gasteiger partial charge in [-0.05, 0) is 37.0 Å². The molecule has 1 heterocycles. The van der Waals surface area contributed by atoms with E-state index in [0.717, 1.165) is 5.75 Å². The summed E-state index contributed by atoms with van der Waals surface area (Å²) in [6, 6.07) is 8.41. The molecular weight excluding hydrogens is 172 g/mol.